The van der Waals surface area contributed by atoms with E-state index in [0.29, 0.717) is 34.7 Å². The first-order chi connectivity index (χ1) is 14.5. The van der Waals surface area contributed by atoms with Crippen LogP contribution in [0, 0.1) is 0 Å². The zero-order valence-electron chi connectivity index (χ0n) is 16.2. The number of hydrogen-bond acceptors (Lipinski definition) is 5. The molecule has 0 bridgehead atoms. The summed E-state index contributed by atoms with van der Waals surface area (Å²) >= 11 is 12.6. The van der Waals surface area contributed by atoms with Crippen LogP contribution in [-0.2, 0) is 17.9 Å². The Balaban J connectivity index is 0.000000377. The molecule has 0 amide bonds. The van der Waals surface area contributed by atoms with Crippen LogP contribution in [0.25, 0.3) is 5.69 Å². The van der Waals surface area contributed by atoms with Gasteiger partial charge in [-0.1, -0.05) is 48.3 Å². The van der Waals surface area contributed by atoms with Crippen molar-refractivity contribution in [2.24, 2.45) is 4.99 Å². The molecule has 0 radical (unpaired) electrons. The SMILES string of the molecule is CCCC(=O)O.OCc1nnc2n1-c1ccc(Cl)cc1C(c1ccccc1Cl)=NC2. The van der Waals surface area contributed by atoms with Crippen molar-refractivity contribution in [3.05, 3.63) is 75.3 Å². The van der Waals surface area contributed by atoms with Gasteiger partial charge < -0.3 is 10.2 Å². The highest BCUT2D eigenvalue weighted by atomic mass is 35.5. The number of rotatable bonds is 4. The zero-order chi connectivity index (χ0) is 21.7. The third-order valence-corrected chi connectivity index (χ3v) is 4.93. The van der Waals surface area contributed by atoms with Gasteiger partial charge >= 0.3 is 5.97 Å². The maximum atomic E-state index is 9.60. The molecule has 2 N–H and O–H groups in total. The van der Waals surface area contributed by atoms with Crippen molar-refractivity contribution in [3.8, 4) is 5.69 Å². The molecule has 0 unspecified atom stereocenters. The number of halogens is 2. The monoisotopic (exact) mass is 446 g/mol. The summed E-state index contributed by atoms with van der Waals surface area (Å²) in [7, 11) is 0. The number of hydrogen-bond donors (Lipinski definition) is 2. The number of carbonyl (C=O) groups is 1. The first-order valence-corrected chi connectivity index (χ1v) is 10.1. The van der Waals surface area contributed by atoms with E-state index in [9.17, 15) is 9.90 Å². The second-order valence-electron chi connectivity index (χ2n) is 6.48. The summed E-state index contributed by atoms with van der Waals surface area (Å²) in [5.74, 6) is 0.409. The molecular formula is C21H20Cl2N4O3. The fourth-order valence-electron chi connectivity index (χ4n) is 3.06. The molecule has 2 heterocycles. The van der Waals surface area contributed by atoms with E-state index in [1.54, 1.807) is 6.07 Å². The molecule has 2 aromatic carbocycles. The summed E-state index contributed by atoms with van der Waals surface area (Å²) < 4.78 is 1.82. The van der Waals surface area contributed by atoms with Crippen LogP contribution < -0.4 is 0 Å². The van der Waals surface area contributed by atoms with Crippen molar-refractivity contribution >= 4 is 34.9 Å². The average molecular weight is 447 g/mol. The minimum absolute atomic E-state index is 0.212. The number of fused-ring (bicyclic) bond motifs is 3. The van der Waals surface area contributed by atoms with E-state index in [1.165, 1.54) is 0 Å². The quantitative estimate of drug-likeness (QED) is 0.622. The van der Waals surface area contributed by atoms with Gasteiger partial charge in [-0.2, -0.15) is 0 Å². The van der Waals surface area contributed by atoms with E-state index in [0.717, 1.165) is 28.9 Å². The van der Waals surface area contributed by atoms with Crippen molar-refractivity contribution in [2.45, 2.75) is 32.9 Å². The molecule has 4 rings (SSSR count). The van der Waals surface area contributed by atoms with Crippen LogP contribution in [0.3, 0.4) is 0 Å². The third kappa shape index (κ3) is 4.70. The first kappa shape index (κ1) is 22.0. The lowest BCUT2D eigenvalue weighted by atomic mass is 10.0. The van der Waals surface area contributed by atoms with E-state index < -0.39 is 5.97 Å². The number of aromatic nitrogens is 3. The number of carboxylic acids is 1. The molecule has 30 heavy (non-hydrogen) atoms. The first-order valence-electron chi connectivity index (χ1n) is 9.31. The minimum atomic E-state index is -0.711. The van der Waals surface area contributed by atoms with Crippen molar-refractivity contribution in [3.63, 3.8) is 0 Å². The van der Waals surface area contributed by atoms with Gasteiger partial charge in [0.25, 0.3) is 0 Å². The molecule has 9 heteroatoms. The van der Waals surface area contributed by atoms with E-state index in [2.05, 4.69) is 10.2 Å². The van der Waals surface area contributed by atoms with Gasteiger partial charge in [-0.3, -0.25) is 14.4 Å². The number of carboxylic acid groups (broad SMARTS) is 1. The van der Waals surface area contributed by atoms with Crippen LogP contribution in [-0.4, -0.2) is 36.7 Å². The van der Waals surface area contributed by atoms with Gasteiger partial charge in [0, 0.05) is 27.6 Å². The van der Waals surface area contributed by atoms with Gasteiger partial charge in [-0.15, -0.1) is 10.2 Å². The van der Waals surface area contributed by atoms with Crippen LogP contribution >= 0.6 is 23.2 Å². The number of nitrogens with zero attached hydrogens (tertiary/aromatic N) is 4. The third-order valence-electron chi connectivity index (χ3n) is 4.36. The van der Waals surface area contributed by atoms with Crippen molar-refractivity contribution in [1.82, 2.24) is 14.8 Å². The smallest absolute Gasteiger partial charge is 0.303 e. The lowest BCUT2D eigenvalue weighted by molar-refractivity contribution is -0.137. The average Bonchev–Trinajstić information content (AvgIpc) is 3.06. The molecule has 7 nitrogen and oxygen atoms in total. The Morgan fingerprint density at radius 1 is 1.13 bits per heavy atom. The van der Waals surface area contributed by atoms with Crippen LogP contribution in [0.15, 0.2) is 47.5 Å². The van der Waals surface area contributed by atoms with Crippen LogP contribution in [0.5, 0.6) is 0 Å². The Bertz CT molecular complexity index is 1100. The van der Waals surface area contributed by atoms with Crippen LogP contribution in [0.2, 0.25) is 10.0 Å². The Kier molecular flexibility index (Phi) is 7.20. The fourth-order valence-corrected chi connectivity index (χ4v) is 3.46. The Morgan fingerprint density at radius 3 is 2.53 bits per heavy atom. The standard InChI is InChI=1S/C17H12Cl2N4O.C4H8O2/c18-10-5-6-14-12(7-10)17(11-3-1-2-4-13(11)19)20-8-15-21-22-16(9-24)23(14)15;1-2-3-4(5)6/h1-7,24H,8-9H2;2-3H2,1H3,(H,5,6). The number of aliphatic carboxylic acids is 1. The number of benzene rings is 2. The van der Waals surface area contributed by atoms with E-state index in [-0.39, 0.29) is 6.61 Å². The molecule has 3 aromatic rings. The summed E-state index contributed by atoms with van der Waals surface area (Å²) in [6.45, 7) is 1.96. The molecule has 1 aliphatic rings. The highest BCUT2D eigenvalue weighted by Crippen LogP contribution is 2.30. The van der Waals surface area contributed by atoms with Crippen molar-refractivity contribution < 1.29 is 15.0 Å². The lowest BCUT2D eigenvalue weighted by Gasteiger charge is -2.14. The molecule has 0 saturated carbocycles. The molecule has 0 aliphatic carbocycles. The molecule has 0 saturated heterocycles. The summed E-state index contributed by atoms with van der Waals surface area (Å²) in [5, 5.41) is 26.9. The normalized spacial score (nSPS) is 12.1. The zero-order valence-corrected chi connectivity index (χ0v) is 17.7. The minimum Gasteiger partial charge on any atom is -0.481 e. The lowest BCUT2D eigenvalue weighted by Crippen LogP contribution is -2.10. The van der Waals surface area contributed by atoms with Crippen LogP contribution in [0.1, 0.15) is 42.5 Å². The largest absolute Gasteiger partial charge is 0.481 e. The second kappa shape index (κ2) is 9.84. The van der Waals surface area contributed by atoms with Gasteiger partial charge in [0.2, 0.25) is 0 Å². The molecule has 0 atom stereocenters. The number of aliphatic imine (C=N–C) groups is 1. The maximum absolute atomic E-state index is 9.60. The maximum Gasteiger partial charge on any atom is 0.303 e. The van der Waals surface area contributed by atoms with Crippen molar-refractivity contribution in [1.29, 1.82) is 0 Å². The van der Waals surface area contributed by atoms with Gasteiger partial charge in [-0.25, -0.2) is 0 Å². The summed E-state index contributed by atoms with van der Waals surface area (Å²) in [6.07, 6.45) is 1.02. The van der Waals surface area contributed by atoms with E-state index in [1.807, 2.05) is 47.9 Å². The predicted molar refractivity (Wildman–Crippen MR) is 116 cm³/mol. The highest BCUT2D eigenvalue weighted by Gasteiger charge is 2.23. The summed E-state index contributed by atoms with van der Waals surface area (Å²) in [5.41, 5.74) is 3.21. The second-order valence-corrected chi connectivity index (χ2v) is 7.32. The Morgan fingerprint density at radius 2 is 1.90 bits per heavy atom. The van der Waals surface area contributed by atoms with E-state index >= 15 is 0 Å². The summed E-state index contributed by atoms with van der Waals surface area (Å²) in [4.78, 5) is 14.3. The van der Waals surface area contributed by atoms with Gasteiger partial charge in [0.05, 0.1) is 11.4 Å². The highest BCUT2D eigenvalue weighted by molar-refractivity contribution is 6.36. The predicted octanol–water partition coefficient (Wildman–Crippen LogP) is 4.29. The van der Waals surface area contributed by atoms with E-state index in [4.69, 9.17) is 33.3 Å². The fraction of sp³-hybridized carbons (Fsp3) is 0.238. The molecule has 1 aromatic heterocycles. The molecule has 0 spiro atoms. The number of aliphatic hydroxyl groups excluding tert-OH is 1. The number of aliphatic hydroxyl groups is 1. The Labute approximate surface area is 183 Å². The summed E-state index contributed by atoms with van der Waals surface area (Å²) in [6, 6.07) is 13.1. The Hall–Kier alpha value is -2.74. The van der Waals surface area contributed by atoms with Gasteiger partial charge in [-0.05, 0) is 30.7 Å². The van der Waals surface area contributed by atoms with Crippen molar-refractivity contribution in [2.75, 3.05) is 0 Å². The molecular weight excluding hydrogens is 427 g/mol. The van der Waals surface area contributed by atoms with Gasteiger partial charge in [0.15, 0.2) is 11.6 Å². The molecule has 156 valence electrons. The van der Waals surface area contributed by atoms with Gasteiger partial charge in [0.1, 0.15) is 13.2 Å². The van der Waals surface area contributed by atoms with Crippen LogP contribution in [0.4, 0.5) is 0 Å². The molecule has 0 fully saturated rings. The molecule has 1 aliphatic heterocycles. The topological polar surface area (TPSA) is 101 Å².